The van der Waals surface area contributed by atoms with Crippen LogP contribution in [0.5, 0.6) is 0 Å². The van der Waals surface area contributed by atoms with E-state index in [0.717, 1.165) is 70.6 Å². The lowest BCUT2D eigenvalue weighted by atomic mass is 9.91. The number of nitrogens with zero attached hydrogens (tertiary/aromatic N) is 5. The van der Waals surface area contributed by atoms with Crippen LogP contribution >= 0.6 is 0 Å². The van der Waals surface area contributed by atoms with Crippen molar-refractivity contribution in [1.29, 1.82) is 0 Å². The Morgan fingerprint density at radius 3 is 2.36 bits per heavy atom. The molecular weight excluding hydrogens is 416 g/mol. The number of nitrogens with one attached hydrogen (secondary N) is 1. The van der Waals surface area contributed by atoms with Gasteiger partial charge in [0.1, 0.15) is 5.82 Å². The van der Waals surface area contributed by atoms with E-state index in [1.165, 1.54) is 19.3 Å². The zero-order valence-corrected chi connectivity index (χ0v) is 20.3. The molecular formula is C25H40N6O2. The summed E-state index contributed by atoms with van der Waals surface area (Å²) in [5, 5.41) is 2.98. The summed E-state index contributed by atoms with van der Waals surface area (Å²) in [5.74, 6) is 1.57. The monoisotopic (exact) mass is 456 g/mol. The van der Waals surface area contributed by atoms with Crippen LogP contribution in [0.4, 0.5) is 5.82 Å². The number of rotatable bonds is 8. The molecule has 4 rings (SSSR count). The van der Waals surface area contributed by atoms with Crippen LogP contribution in [0.25, 0.3) is 0 Å². The molecule has 0 radical (unpaired) electrons. The lowest BCUT2D eigenvalue weighted by molar-refractivity contribution is -0.134. The number of aromatic nitrogens is 1. The van der Waals surface area contributed by atoms with Crippen molar-refractivity contribution in [3.63, 3.8) is 0 Å². The molecule has 1 aliphatic carbocycles. The van der Waals surface area contributed by atoms with Crippen LogP contribution in [-0.2, 0) is 4.79 Å². The maximum absolute atomic E-state index is 12.8. The molecule has 1 N–H and O–H groups in total. The van der Waals surface area contributed by atoms with Gasteiger partial charge >= 0.3 is 0 Å². The minimum absolute atomic E-state index is 0.0637. The third-order valence-electron chi connectivity index (χ3n) is 7.63. The summed E-state index contributed by atoms with van der Waals surface area (Å²) in [7, 11) is 0. The molecule has 0 bridgehead atoms. The highest BCUT2D eigenvalue weighted by atomic mass is 16.2. The highest BCUT2D eigenvalue weighted by Gasteiger charge is 2.30. The molecule has 1 atom stereocenters. The standard InChI is InChI=1S/C25H40N6O2/c1-3-20(2)17-27-25(33)21-7-8-23(26-18-21)30-11-9-28(10-12-30)19-24(32)31-15-13-29(14-16-31)22-5-4-6-22/h7-8,18,20,22H,3-6,9-17,19H2,1-2H3,(H,27,33). The van der Waals surface area contributed by atoms with Gasteiger partial charge in [0.15, 0.2) is 0 Å². The molecule has 1 aromatic heterocycles. The molecule has 0 spiro atoms. The fraction of sp³-hybridized carbons (Fsp3) is 0.720. The van der Waals surface area contributed by atoms with Crippen molar-refractivity contribution in [2.24, 2.45) is 5.92 Å². The van der Waals surface area contributed by atoms with Gasteiger partial charge < -0.3 is 15.1 Å². The van der Waals surface area contributed by atoms with Gasteiger partial charge in [-0.3, -0.25) is 19.4 Å². The maximum atomic E-state index is 12.8. The van der Waals surface area contributed by atoms with Crippen LogP contribution < -0.4 is 10.2 Å². The summed E-state index contributed by atoms with van der Waals surface area (Å²) in [5.41, 5.74) is 0.601. The normalized spacial score (nSPS) is 21.5. The van der Waals surface area contributed by atoms with Gasteiger partial charge in [-0.1, -0.05) is 26.7 Å². The molecule has 3 aliphatic rings. The van der Waals surface area contributed by atoms with Gasteiger partial charge in [-0.15, -0.1) is 0 Å². The molecule has 1 saturated carbocycles. The van der Waals surface area contributed by atoms with Gasteiger partial charge in [-0.2, -0.15) is 0 Å². The second-order valence-corrected chi connectivity index (χ2v) is 9.89. The van der Waals surface area contributed by atoms with Crippen molar-refractivity contribution < 1.29 is 9.59 Å². The van der Waals surface area contributed by atoms with Crippen molar-refractivity contribution in [2.75, 3.05) is 70.3 Å². The smallest absolute Gasteiger partial charge is 0.252 e. The first-order valence-electron chi connectivity index (χ1n) is 12.8. The lowest BCUT2D eigenvalue weighted by Gasteiger charge is -2.43. The molecule has 8 nitrogen and oxygen atoms in total. The summed E-state index contributed by atoms with van der Waals surface area (Å²) in [6, 6.07) is 4.56. The largest absolute Gasteiger partial charge is 0.354 e. The van der Waals surface area contributed by atoms with Crippen molar-refractivity contribution in [2.45, 2.75) is 45.6 Å². The summed E-state index contributed by atoms with van der Waals surface area (Å²) in [6.07, 6.45) is 6.75. The molecule has 8 heteroatoms. The zero-order valence-electron chi connectivity index (χ0n) is 20.3. The minimum atomic E-state index is -0.0637. The van der Waals surface area contributed by atoms with Gasteiger partial charge in [0.2, 0.25) is 5.91 Å². The zero-order chi connectivity index (χ0) is 23.2. The van der Waals surface area contributed by atoms with E-state index in [2.05, 4.69) is 38.8 Å². The summed E-state index contributed by atoms with van der Waals surface area (Å²) >= 11 is 0. The fourth-order valence-electron chi connectivity index (χ4n) is 4.74. The van der Waals surface area contributed by atoms with E-state index < -0.39 is 0 Å². The predicted octanol–water partition coefficient (Wildman–Crippen LogP) is 1.68. The quantitative estimate of drug-likeness (QED) is 0.642. The van der Waals surface area contributed by atoms with Crippen molar-refractivity contribution in [3.8, 4) is 0 Å². The van der Waals surface area contributed by atoms with Crippen LogP contribution in [0.15, 0.2) is 18.3 Å². The summed E-state index contributed by atoms with van der Waals surface area (Å²) < 4.78 is 0. The number of carbonyl (C=O) groups excluding carboxylic acids is 2. The van der Waals surface area contributed by atoms with Gasteiger partial charge in [-0.05, 0) is 30.9 Å². The Morgan fingerprint density at radius 1 is 1.06 bits per heavy atom. The molecule has 2 amide bonds. The first-order chi connectivity index (χ1) is 16.0. The third kappa shape index (κ3) is 6.23. The van der Waals surface area contributed by atoms with E-state index in [1.807, 2.05) is 17.0 Å². The van der Waals surface area contributed by atoms with E-state index in [4.69, 9.17) is 0 Å². The van der Waals surface area contributed by atoms with Crippen molar-refractivity contribution >= 4 is 17.6 Å². The van der Waals surface area contributed by atoms with E-state index in [0.29, 0.717) is 24.6 Å². The predicted molar refractivity (Wildman–Crippen MR) is 130 cm³/mol. The van der Waals surface area contributed by atoms with Crippen molar-refractivity contribution in [1.82, 2.24) is 25.0 Å². The Bertz CT molecular complexity index is 781. The SMILES string of the molecule is CCC(C)CNC(=O)c1ccc(N2CCN(CC(=O)N3CCN(C4CCC4)CC3)CC2)nc1. The van der Waals surface area contributed by atoms with Crippen LogP contribution in [0.1, 0.15) is 49.9 Å². The second kappa shape index (κ2) is 11.3. The summed E-state index contributed by atoms with van der Waals surface area (Å²) in [6.45, 7) is 12.7. The van der Waals surface area contributed by atoms with E-state index in [9.17, 15) is 9.59 Å². The number of pyridine rings is 1. The number of hydrogen-bond acceptors (Lipinski definition) is 6. The number of anilines is 1. The Hall–Kier alpha value is -2.19. The van der Waals surface area contributed by atoms with Gasteiger partial charge in [0.25, 0.3) is 5.91 Å². The Morgan fingerprint density at radius 2 is 1.79 bits per heavy atom. The van der Waals surface area contributed by atoms with Crippen LogP contribution in [-0.4, -0.2) is 103 Å². The highest BCUT2D eigenvalue weighted by molar-refractivity contribution is 5.94. The van der Waals surface area contributed by atoms with Gasteiger partial charge in [0.05, 0.1) is 12.1 Å². The number of piperazine rings is 2. The highest BCUT2D eigenvalue weighted by Crippen LogP contribution is 2.25. The van der Waals surface area contributed by atoms with Gasteiger partial charge in [0, 0.05) is 71.1 Å². The Kier molecular flexibility index (Phi) is 8.20. The average Bonchev–Trinajstić information content (AvgIpc) is 2.82. The molecule has 1 aromatic rings. The van der Waals surface area contributed by atoms with Crippen molar-refractivity contribution in [3.05, 3.63) is 23.9 Å². The van der Waals surface area contributed by atoms with Gasteiger partial charge in [-0.25, -0.2) is 4.98 Å². The number of carbonyl (C=O) groups is 2. The number of amides is 2. The maximum Gasteiger partial charge on any atom is 0.252 e. The molecule has 1 unspecified atom stereocenters. The average molecular weight is 457 g/mol. The van der Waals surface area contributed by atoms with Crippen LogP contribution in [0.2, 0.25) is 0 Å². The second-order valence-electron chi connectivity index (χ2n) is 9.89. The van der Waals surface area contributed by atoms with E-state index >= 15 is 0 Å². The third-order valence-corrected chi connectivity index (χ3v) is 7.63. The molecule has 3 heterocycles. The minimum Gasteiger partial charge on any atom is -0.354 e. The Balaban J connectivity index is 1.18. The number of hydrogen-bond donors (Lipinski definition) is 1. The fourth-order valence-corrected chi connectivity index (χ4v) is 4.74. The van der Waals surface area contributed by atoms with Crippen LogP contribution in [0.3, 0.4) is 0 Å². The molecule has 2 aliphatic heterocycles. The van der Waals surface area contributed by atoms with E-state index in [1.54, 1.807) is 6.20 Å². The molecule has 0 aromatic carbocycles. The molecule has 33 heavy (non-hydrogen) atoms. The van der Waals surface area contributed by atoms with Crippen LogP contribution in [0, 0.1) is 5.92 Å². The van der Waals surface area contributed by atoms with E-state index in [-0.39, 0.29) is 11.8 Å². The Labute approximate surface area is 198 Å². The molecule has 182 valence electrons. The lowest BCUT2D eigenvalue weighted by Crippen LogP contribution is -2.56. The molecule has 2 saturated heterocycles. The molecule has 3 fully saturated rings. The first-order valence-corrected chi connectivity index (χ1v) is 12.8. The summed E-state index contributed by atoms with van der Waals surface area (Å²) in [4.78, 5) is 38.7. The first kappa shape index (κ1) is 24.0. The topological polar surface area (TPSA) is 72.0 Å².